The molecule has 2 N–H and O–H groups in total. The zero-order valence-electron chi connectivity index (χ0n) is 12.2. The van der Waals surface area contributed by atoms with Gasteiger partial charge in [-0.3, -0.25) is 4.99 Å². The molecule has 0 bridgehead atoms. The molecule has 0 aliphatic rings. The third kappa shape index (κ3) is 12.4. The monoisotopic (exact) mass is 372 g/mol. The molecule has 0 radical (unpaired) electrons. The molecule has 18 heavy (non-hydrogen) atoms. The Hall–Kier alpha value is -0.0800. The lowest BCUT2D eigenvalue weighted by atomic mass is 10.4. The average Bonchev–Trinajstić information content (AvgIpc) is 2.34. The van der Waals surface area contributed by atoms with Crippen molar-refractivity contribution in [2.24, 2.45) is 4.99 Å². The van der Waals surface area contributed by atoms with Crippen molar-refractivity contribution in [1.29, 1.82) is 0 Å². The molecule has 0 amide bonds. The molecule has 0 spiro atoms. The van der Waals surface area contributed by atoms with Crippen LogP contribution in [0.3, 0.4) is 0 Å². The molecule has 0 saturated heterocycles. The van der Waals surface area contributed by atoms with Gasteiger partial charge in [-0.15, -0.1) is 24.0 Å². The summed E-state index contributed by atoms with van der Waals surface area (Å²) in [6.45, 7) is 6.92. The molecule has 5 nitrogen and oxygen atoms in total. The predicted octanol–water partition coefficient (Wildman–Crippen LogP) is 1.15. The van der Waals surface area contributed by atoms with E-state index in [0.29, 0.717) is 0 Å². The number of ether oxygens (including phenoxy) is 1. The summed E-state index contributed by atoms with van der Waals surface area (Å²) in [6, 6.07) is 0. The van der Waals surface area contributed by atoms with E-state index in [9.17, 15) is 0 Å². The van der Waals surface area contributed by atoms with E-state index in [-0.39, 0.29) is 24.0 Å². The van der Waals surface area contributed by atoms with Crippen molar-refractivity contribution in [3.05, 3.63) is 0 Å². The van der Waals surface area contributed by atoms with Crippen molar-refractivity contribution < 1.29 is 4.74 Å². The summed E-state index contributed by atoms with van der Waals surface area (Å²) in [5.41, 5.74) is 0. The topological polar surface area (TPSA) is 48.9 Å². The maximum Gasteiger partial charge on any atom is 0.191 e. The van der Waals surface area contributed by atoms with Gasteiger partial charge in [-0.05, 0) is 19.9 Å². The lowest BCUT2D eigenvalue weighted by Crippen LogP contribution is -2.41. The van der Waals surface area contributed by atoms with Crippen LogP contribution in [0.2, 0.25) is 0 Å². The third-order valence-electron chi connectivity index (χ3n) is 2.44. The lowest BCUT2D eigenvalue weighted by Gasteiger charge is -2.17. The number of halogens is 1. The van der Waals surface area contributed by atoms with E-state index in [1.165, 1.54) is 0 Å². The Labute approximate surface area is 129 Å². The van der Waals surface area contributed by atoms with Crippen LogP contribution in [-0.2, 0) is 4.74 Å². The van der Waals surface area contributed by atoms with E-state index in [2.05, 4.69) is 34.5 Å². The number of methoxy groups -OCH3 is 1. The van der Waals surface area contributed by atoms with Crippen molar-refractivity contribution in [3.8, 4) is 0 Å². The first-order valence-electron chi connectivity index (χ1n) is 6.36. The molecule has 110 valence electrons. The summed E-state index contributed by atoms with van der Waals surface area (Å²) in [7, 11) is 5.66. The second-order valence-electron chi connectivity index (χ2n) is 4.08. The van der Waals surface area contributed by atoms with Gasteiger partial charge >= 0.3 is 0 Å². The fourth-order valence-corrected chi connectivity index (χ4v) is 1.42. The average molecular weight is 372 g/mol. The second kappa shape index (κ2) is 15.0. The highest BCUT2D eigenvalue weighted by molar-refractivity contribution is 14.0. The van der Waals surface area contributed by atoms with E-state index < -0.39 is 0 Å². The first kappa shape index (κ1) is 20.2. The van der Waals surface area contributed by atoms with Gasteiger partial charge in [0.1, 0.15) is 0 Å². The normalized spacial score (nSPS) is 11.3. The number of rotatable bonds is 9. The highest BCUT2D eigenvalue weighted by Gasteiger charge is 1.99. The van der Waals surface area contributed by atoms with Crippen LogP contribution in [0.15, 0.2) is 4.99 Å². The summed E-state index contributed by atoms with van der Waals surface area (Å²) in [5.74, 6) is 0.886. The summed E-state index contributed by atoms with van der Waals surface area (Å²) in [6.07, 6.45) is 2.19. The van der Waals surface area contributed by atoms with Crippen LogP contribution in [0, 0.1) is 0 Å². The standard InChI is InChI=1S/C12H28N4O.HI/c1-5-7-14-12(13-2)15-8-10-16(3)9-6-11-17-4;/h5-11H2,1-4H3,(H2,13,14,15);1H. The molecular weight excluding hydrogens is 343 g/mol. The molecule has 0 rings (SSSR count). The summed E-state index contributed by atoms with van der Waals surface area (Å²) in [4.78, 5) is 6.44. The predicted molar refractivity (Wildman–Crippen MR) is 89.1 cm³/mol. The van der Waals surface area contributed by atoms with E-state index >= 15 is 0 Å². The Morgan fingerprint density at radius 1 is 1.22 bits per heavy atom. The van der Waals surface area contributed by atoms with Crippen LogP contribution in [0.4, 0.5) is 0 Å². The van der Waals surface area contributed by atoms with Gasteiger partial charge in [-0.2, -0.15) is 0 Å². The Balaban J connectivity index is 0. The highest BCUT2D eigenvalue weighted by Crippen LogP contribution is 1.86. The zero-order valence-corrected chi connectivity index (χ0v) is 14.5. The highest BCUT2D eigenvalue weighted by atomic mass is 127. The quantitative estimate of drug-likeness (QED) is 0.276. The number of hydrogen-bond donors (Lipinski definition) is 2. The molecule has 0 fully saturated rings. The zero-order chi connectivity index (χ0) is 12.9. The molecule has 0 heterocycles. The minimum atomic E-state index is 0. The van der Waals surface area contributed by atoms with Crippen LogP contribution < -0.4 is 10.6 Å². The largest absolute Gasteiger partial charge is 0.385 e. The third-order valence-corrected chi connectivity index (χ3v) is 2.44. The number of guanidine groups is 1. The smallest absolute Gasteiger partial charge is 0.191 e. The van der Waals surface area contributed by atoms with Gasteiger partial charge in [0, 0.05) is 46.9 Å². The summed E-state index contributed by atoms with van der Waals surface area (Å²) in [5, 5.41) is 6.54. The van der Waals surface area contributed by atoms with Gasteiger partial charge in [0.2, 0.25) is 0 Å². The van der Waals surface area contributed by atoms with Crippen molar-refractivity contribution >= 4 is 29.9 Å². The van der Waals surface area contributed by atoms with Gasteiger partial charge < -0.3 is 20.3 Å². The van der Waals surface area contributed by atoms with Gasteiger partial charge in [0.25, 0.3) is 0 Å². The summed E-state index contributed by atoms with van der Waals surface area (Å²) >= 11 is 0. The molecule has 0 aliphatic carbocycles. The van der Waals surface area contributed by atoms with Gasteiger partial charge in [0.05, 0.1) is 0 Å². The number of aliphatic imine (C=N–C) groups is 1. The maximum atomic E-state index is 5.03. The Bertz CT molecular complexity index is 203. The van der Waals surface area contributed by atoms with E-state index in [0.717, 1.165) is 51.6 Å². The van der Waals surface area contributed by atoms with Crippen LogP contribution >= 0.6 is 24.0 Å². The SMILES string of the molecule is CCCNC(=NC)NCCN(C)CCCOC.I. The Morgan fingerprint density at radius 2 is 1.89 bits per heavy atom. The van der Waals surface area contributed by atoms with Crippen molar-refractivity contribution in [2.75, 3.05) is 54.0 Å². The molecule has 0 aromatic carbocycles. The Morgan fingerprint density at radius 3 is 2.44 bits per heavy atom. The van der Waals surface area contributed by atoms with E-state index in [1.54, 1.807) is 14.2 Å². The van der Waals surface area contributed by atoms with Crippen molar-refractivity contribution in [3.63, 3.8) is 0 Å². The van der Waals surface area contributed by atoms with Gasteiger partial charge in [0.15, 0.2) is 5.96 Å². The molecule has 0 aliphatic heterocycles. The maximum absolute atomic E-state index is 5.03. The first-order chi connectivity index (χ1) is 8.24. The number of nitrogens with one attached hydrogen (secondary N) is 2. The fourth-order valence-electron chi connectivity index (χ4n) is 1.42. The van der Waals surface area contributed by atoms with Crippen molar-refractivity contribution in [2.45, 2.75) is 19.8 Å². The molecular formula is C12H29IN4O. The number of likely N-dealkylation sites (N-methyl/N-ethyl adjacent to an activating group) is 1. The minimum Gasteiger partial charge on any atom is -0.385 e. The molecule has 0 saturated carbocycles. The lowest BCUT2D eigenvalue weighted by molar-refractivity contribution is 0.180. The van der Waals surface area contributed by atoms with Crippen molar-refractivity contribution in [1.82, 2.24) is 15.5 Å². The minimum absolute atomic E-state index is 0. The molecule has 0 unspecified atom stereocenters. The van der Waals surface area contributed by atoms with Gasteiger partial charge in [-0.1, -0.05) is 6.92 Å². The van der Waals surface area contributed by atoms with Gasteiger partial charge in [-0.25, -0.2) is 0 Å². The van der Waals surface area contributed by atoms with Crippen LogP contribution in [0.25, 0.3) is 0 Å². The molecule has 0 aromatic heterocycles. The van der Waals surface area contributed by atoms with Crippen LogP contribution in [-0.4, -0.2) is 64.9 Å². The summed E-state index contributed by atoms with van der Waals surface area (Å²) < 4.78 is 5.03. The number of nitrogens with zero attached hydrogens (tertiary/aromatic N) is 2. The van der Waals surface area contributed by atoms with Crippen LogP contribution in [0.5, 0.6) is 0 Å². The molecule has 6 heteroatoms. The first-order valence-corrected chi connectivity index (χ1v) is 6.36. The molecule has 0 atom stereocenters. The van der Waals surface area contributed by atoms with E-state index in [1.807, 2.05) is 0 Å². The molecule has 0 aromatic rings. The second-order valence-corrected chi connectivity index (χ2v) is 4.08. The van der Waals surface area contributed by atoms with Crippen LogP contribution in [0.1, 0.15) is 19.8 Å². The van der Waals surface area contributed by atoms with E-state index in [4.69, 9.17) is 4.74 Å². The fraction of sp³-hybridized carbons (Fsp3) is 0.917. The Kier molecular flexibility index (Phi) is 16.8. The number of hydrogen-bond acceptors (Lipinski definition) is 3.